The van der Waals surface area contributed by atoms with Crippen molar-refractivity contribution in [2.24, 2.45) is 0 Å². The third kappa shape index (κ3) is 5.51. The van der Waals surface area contributed by atoms with Crippen LogP contribution in [0.2, 0.25) is 0 Å². The van der Waals surface area contributed by atoms with Crippen molar-refractivity contribution in [3.8, 4) is 5.75 Å². The number of ether oxygens (including phenoxy) is 1. The quantitative estimate of drug-likeness (QED) is 0.563. The second-order valence-corrected chi connectivity index (χ2v) is 9.07. The molecule has 1 N–H and O–H groups in total. The summed E-state index contributed by atoms with van der Waals surface area (Å²) in [6.45, 7) is 4.29. The van der Waals surface area contributed by atoms with E-state index in [0.29, 0.717) is 17.9 Å². The molecule has 0 aromatic heterocycles. The van der Waals surface area contributed by atoms with E-state index in [9.17, 15) is 13.2 Å². The highest BCUT2D eigenvalue weighted by Gasteiger charge is 2.23. The zero-order chi connectivity index (χ0) is 22.4. The first-order valence-electron chi connectivity index (χ1n) is 9.94. The van der Waals surface area contributed by atoms with Gasteiger partial charge in [-0.25, -0.2) is 8.42 Å². The molecule has 0 radical (unpaired) electrons. The average molecular weight is 439 g/mol. The fourth-order valence-electron chi connectivity index (χ4n) is 3.15. The lowest BCUT2D eigenvalue weighted by Crippen LogP contribution is -2.30. The number of rotatable bonds is 8. The van der Waals surface area contributed by atoms with Crippen molar-refractivity contribution in [3.05, 3.63) is 89.5 Å². The molecule has 0 unspecified atom stereocenters. The highest BCUT2D eigenvalue weighted by atomic mass is 32.2. The standard InChI is InChI=1S/C24H26N2O4S/c1-4-26(31(28,29)23-14-12-22(30-3)13-15-23)17-19-8-10-20(11-9-19)24(27)25-21-7-5-6-18(2)16-21/h5-16H,4,17H2,1-3H3,(H,25,27). The predicted octanol–water partition coefficient (Wildman–Crippen LogP) is 4.47. The van der Waals surface area contributed by atoms with Crippen molar-refractivity contribution < 1.29 is 17.9 Å². The smallest absolute Gasteiger partial charge is 0.255 e. The molecule has 0 atom stereocenters. The number of hydrogen-bond acceptors (Lipinski definition) is 4. The van der Waals surface area contributed by atoms with Gasteiger partial charge in [0.25, 0.3) is 5.91 Å². The minimum atomic E-state index is -3.65. The number of aryl methyl sites for hydroxylation is 1. The fourth-order valence-corrected chi connectivity index (χ4v) is 4.59. The third-order valence-electron chi connectivity index (χ3n) is 4.90. The van der Waals surface area contributed by atoms with E-state index in [1.165, 1.54) is 23.5 Å². The number of amides is 1. The number of methoxy groups -OCH3 is 1. The molecule has 3 aromatic carbocycles. The molecule has 1 amide bonds. The Balaban J connectivity index is 1.71. The van der Waals surface area contributed by atoms with E-state index in [4.69, 9.17) is 4.74 Å². The van der Waals surface area contributed by atoms with Gasteiger partial charge in [-0.15, -0.1) is 0 Å². The van der Waals surface area contributed by atoms with Crippen molar-refractivity contribution in [1.82, 2.24) is 4.31 Å². The van der Waals surface area contributed by atoms with Gasteiger partial charge in [-0.05, 0) is 66.6 Å². The van der Waals surface area contributed by atoms with E-state index in [1.54, 1.807) is 43.3 Å². The summed E-state index contributed by atoms with van der Waals surface area (Å²) in [5, 5.41) is 2.87. The topological polar surface area (TPSA) is 75.7 Å². The van der Waals surface area contributed by atoms with Gasteiger partial charge >= 0.3 is 0 Å². The van der Waals surface area contributed by atoms with Gasteiger partial charge in [0, 0.05) is 24.3 Å². The number of benzene rings is 3. The lowest BCUT2D eigenvalue weighted by molar-refractivity contribution is 0.102. The van der Waals surface area contributed by atoms with Gasteiger partial charge in [0.05, 0.1) is 12.0 Å². The van der Waals surface area contributed by atoms with Gasteiger partial charge in [-0.2, -0.15) is 4.31 Å². The Bertz CT molecular complexity index is 1140. The Hall–Kier alpha value is -3.16. The van der Waals surface area contributed by atoms with Crippen LogP contribution in [0.4, 0.5) is 5.69 Å². The van der Waals surface area contributed by atoms with Gasteiger partial charge in [0.15, 0.2) is 0 Å². The summed E-state index contributed by atoms with van der Waals surface area (Å²) in [6, 6.07) is 20.9. The van der Waals surface area contributed by atoms with Crippen molar-refractivity contribution in [3.63, 3.8) is 0 Å². The van der Waals surface area contributed by atoms with E-state index >= 15 is 0 Å². The molecular formula is C24H26N2O4S. The maximum Gasteiger partial charge on any atom is 0.255 e. The zero-order valence-corrected chi connectivity index (χ0v) is 18.6. The van der Waals surface area contributed by atoms with Gasteiger partial charge in [-0.1, -0.05) is 31.2 Å². The van der Waals surface area contributed by atoms with E-state index in [2.05, 4.69) is 5.32 Å². The maximum atomic E-state index is 13.0. The Morgan fingerprint density at radius 1 is 1.00 bits per heavy atom. The first-order chi connectivity index (χ1) is 14.8. The Kier molecular flexibility index (Phi) is 7.09. The average Bonchev–Trinajstić information content (AvgIpc) is 2.77. The number of carbonyl (C=O) groups excluding carboxylic acids is 1. The molecule has 31 heavy (non-hydrogen) atoms. The van der Waals surface area contributed by atoms with Crippen LogP contribution >= 0.6 is 0 Å². The largest absolute Gasteiger partial charge is 0.497 e. The fraction of sp³-hybridized carbons (Fsp3) is 0.208. The van der Waals surface area contributed by atoms with Crippen LogP contribution in [0, 0.1) is 6.92 Å². The second kappa shape index (κ2) is 9.76. The molecule has 3 aromatic rings. The first-order valence-corrected chi connectivity index (χ1v) is 11.4. The molecular weight excluding hydrogens is 412 g/mol. The molecule has 0 heterocycles. The van der Waals surface area contributed by atoms with Crippen LogP contribution < -0.4 is 10.1 Å². The molecule has 7 heteroatoms. The van der Waals surface area contributed by atoms with Crippen molar-refractivity contribution >= 4 is 21.6 Å². The predicted molar refractivity (Wildman–Crippen MR) is 122 cm³/mol. The summed E-state index contributed by atoms with van der Waals surface area (Å²) >= 11 is 0. The number of nitrogens with zero attached hydrogens (tertiary/aromatic N) is 1. The maximum absolute atomic E-state index is 13.0. The summed E-state index contributed by atoms with van der Waals surface area (Å²) in [7, 11) is -2.11. The van der Waals surface area contributed by atoms with Crippen molar-refractivity contribution in [2.75, 3.05) is 19.0 Å². The van der Waals surface area contributed by atoms with Crippen LogP contribution in [-0.2, 0) is 16.6 Å². The summed E-state index contributed by atoms with van der Waals surface area (Å²) in [5.74, 6) is 0.386. The number of sulfonamides is 1. The highest BCUT2D eigenvalue weighted by molar-refractivity contribution is 7.89. The third-order valence-corrected chi connectivity index (χ3v) is 6.84. The monoisotopic (exact) mass is 438 g/mol. The normalized spacial score (nSPS) is 11.4. The minimum Gasteiger partial charge on any atom is -0.497 e. The van der Waals surface area contributed by atoms with Gasteiger partial charge in [-0.3, -0.25) is 4.79 Å². The molecule has 3 rings (SSSR count). The number of carbonyl (C=O) groups is 1. The second-order valence-electron chi connectivity index (χ2n) is 7.13. The molecule has 162 valence electrons. The minimum absolute atomic E-state index is 0.212. The van der Waals surface area contributed by atoms with E-state index in [0.717, 1.165) is 16.8 Å². The highest BCUT2D eigenvalue weighted by Crippen LogP contribution is 2.21. The molecule has 0 aliphatic heterocycles. The van der Waals surface area contributed by atoms with E-state index in [1.807, 2.05) is 31.2 Å². The first kappa shape index (κ1) is 22.5. The lowest BCUT2D eigenvalue weighted by Gasteiger charge is -2.21. The Morgan fingerprint density at radius 3 is 2.26 bits per heavy atom. The molecule has 0 aliphatic carbocycles. The van der Waals surface area contributed by atoms with Crippen LogP contribution in [0.3, 0.4) is 0 Å². The molecule has 0 fully saturated rings. The van der Waals surface area contributed by atoms with Crippen LogP contribution in [-0.4, -0.2) is 32.3 Å². The van der Waals surface area contributed by atoms with Crippen molar-refractivity contribution in [2.45, 2.75) is 25.3 Å². The summed E-state index contributed by atoms with van der Waals surface area (Å²) in [6.07, 6.45) is 0. The van der Waals surface area contributed by atoms with Gasteiger partial charge < -0.3 is 10.1 Å². The SMILES string of the molecule is CCN(Cc1ccc(C(=O)Nc2cccc(C)c2)cc1)S(=O)(=O)c1ccc(OC)cc1. The number of nitrogens with one attached hydrogen (secondary N) is 1. The number of hydrogen-bond donors (Lipinski definition) is 1. The van der Waals surface area contributed by atoms with E-state index in [-0.39, 0.29) is 17.3 Å². The summed E-state index contributed by atoms with van der Waals surface area (Å²) in [4.78, 5) is 12.7. The Labute approximate surface area is 183 Å². The molecule has 0 spiro atoms. The lowest BCUT2D eigenvalue weighted by atomic mass is 10.1. The van der Waals surface area contributed by atoms with E-state index < -0.39 is 10.0 Å². The number of anilines is 1. The van der Waals surface area contributed by atoms with Crippen LogP contribution in [0.5, 0.6) is 5.75 Å². The summed E-state index contributed by atoms with van der Waals surface area (Å²) in [5.41, 5.74) is 3.10. The van der Waals surface area contributed by atoms with Crippen LogP contribution in [0.15, 0.2) is 77.7 Å². The zero-order valence-electron chi connectivity index (χ0n) is 17.8. The molecule has 0 saturated carbocycles. The van der Waals surface area contributed by atoms with Gasteiger partial charge in [0.2, 0.25) is 10.0 Å². The molecule has 0 aliphatic rings. The van der Waals surface area contributed by atoms with Crippen molar-refractivity contribution in [1.29, 1.82) is 0 Å². The van der Waals surface area contributed by atoms with Gasteiger partial charge in [0.1, 0.15) is 5.75 Å². The Morgan fingerprint density at radius 2 is 1.68 bits per heavy atom. The molecule has 0 saturated heterocycles. The van der Waals surface area contributed by atoms with Crippen LogP contribution in [0.1, 0.15) is 28.4 Å². The molecule has 0 bridgehead atoms. The van der Waals surface area contributed by atoms with Crippen LogP contribution in [0.25, 0.3) is 0 Å². The molecule has 6 nitrogen and oxygen atoms in total. The summed E-state index contributed by atoms with van der Waals surface area (Å²) < 4.78 is 32.5.